The first-order valence-corrected chi connectivity index (χ1v) is 6.59. The van der Waals surface area contributed by atoms with Crippen molar-refractivity contribution in [1.29, 1.82) is 0 Å². The first kappa shape index (κ1) is 14.6. The molecule has 1 aromatic heterocycles. The van der Waals surface area contributed by atoms with E-state index in [1.165, 1.54) is 11.9 Å². The van der Waals surface area contributed by atoms with Gasteiger partial charge in [-0.1, -0.05) is 34.1 Å². The van der Waals surface area contributed by atoms with Crippen molar-refractivity contribution in [1.82, 2.24) is 9.88 Å². The highest BCUT2D eigenvalue weighted by molar-refractivity contribution is 9.10. The number of carbonyl (C=O) groups excluding carboxylic acids is 1. The molecule has 0 unspecified atom stereocenters. The van der Waals surface area contributed by atoms with Crippen LogP contribution in [0, 0.1) is 11.8 Å². The lowest BCUT2D eigenvalue weighted by molar-refractivity contribution is 0.0778. The minimum Gasteiger partial charge on any atom is -0.337 e. The van der Waals surface area contributed by atoms with Gasteiger partial charge in [0.25, 0.3) is 5.91 Å². The van der Waals surface area contributed by atoms with Crippen LogP contribution in [0.15, 0.2) is 41.0 Å². The highest BCUT2D eigenvalue weighted by atomic mass is 79.9. The van der Waals surface area contributed by atoms with Crippen molar-refractivity contribution < 1.29 is 13.6 Å². The van der Waals surface area contributed by atoms with Crippen molar-refractivity contribution in [3.63, 3.8) is 0 Å². The summed E-state index contributed by atoms with van der Waals surface area (Å²) >= 11 is 3.37. The number of benzene rings is 1. The number of pyridine rings is 1. The summed E-state index contributed by atoms with van der Waals surface area (Å²) in [5.41, 5.74) is 0.547. The SMILES string of the molecule is CN(Cc1ccccc1Br)C(=O)c1ccnc(F)c1F. The van der Waals surface area contributed by atoms with Crippen LogP contribution in [0.25, 0.3) is 0 Å². The Balaban J connectivity index is 2.21. The van der Waals surface area contributed by atoms with Crippen molar-refractivity contribution in [2.75, 3.05) is 7.05 Å². The van der Waals surface area contributed by atoms with Crippen molar-refractivity contribution >= 4 is 21.8 Å². The lowest BCUT2D eigenvalue weighted by atomic mass is 10.2. The number of nitrogens with zero attached hydrogens (tertiary/aromatic N) is 2. The molecule has 2 rings (SSSR count). The molecule has 1 heterocycles. The summed E-state index contributed by atoms with van der Waals surface area (Å²) in [6, 6.07) is 8.55. The van der Waals surface area contributed by atoms with E-state index in [4.69, 9.17) is 0 Å². The Hall–Kier alpha value is -1.82. The average Bonchev–Trinajstić information content (AvgIpc) is 2.43. The fourth-order valence-electron chi connectivity index (χ4n) is 1.74. The quantitative estimate of drug-likeness (QED) is 0.802. The van der Waals surface area contributed by atoms with Crippen molar-refractivity contribution in [3.05, 3.63) is 63.9 Å². The summed E-state index contributed by atoms with van der Waals surface area (Å²) in [6.45, 7) is 0.281. The maximum absolute atomic E-state index is 13.5. The van der Waals surface area contributed by atoms with Crippen molar-refractivity contribution in [2.24, 2.45) is 0 Å². The lowest BCUT2D eigenvalue weighted by Crippen LogP contribution is -2.27. The molecule has 0 aliphatic carbocycles. The van der Waals surface area contributed by atoms with Gasteiger partial charge in [0.15, 0.2) is 5.82 Å². The molecule has 0 aliphatic heterocycles. The molecular formula is C14H11BrF2N2O. The zero-order valence-electron chi connectivity index (χ0n) is 10.6. The first-order valence-electron chi connectivity index (χ1n) is 5.79. The molecule has 1 amide bonds. The van der Waals surface area contributed by atoms with Gasteiger partial charge in [0.2, 0.25) is 5.95 Å². The second-order valence-electron chi connectivity index (χ2n) is 4.22. The van der Waals surface area contributed by atoms with Crippen LogP contribution in [-0.4, -0.2) is 22.8 Å². The molecule has 0 bridgehead atoms. The fraction of sp³-hybridized carbons (Fsp3) is 0.143. The Labute approximate surface area is 123 Å². The normalized spacial score (nSPS) is 10.4. The molecule has 0 saturated heterocycles. The van der Waals surface area contributed by atoms with E-state index in [1.807, 2.05) is 24.3 Å². The van der Waals surface area contributed by atoms with Gasteiger partial charge in [-0.15, -0.1) is 0 Å². The molecule has 0 radical (unpaired) electrons. The number of hydrogen-bond acceptors (Lipinski definition) is 2. The molecule has 1 aromatic carbocycles. The zero-order valence-corrected chi connectivity index (χ0v) is 12.2. The van der Waals surface area contributed by atoms with Gasteiger partial charge in [-0.3, -0.25) is 4.79 Å². The molecule has 0 spiro atoms. The van der Waals surface area contributed by atoms with Crippen LogP contribution in [0.1, 0.15) is 15.9 Å². The van der Waals surface area contributed by atoms with Crippen LogP contribution in [-0.2, 0) is 6.54 Å². The number of carbonyl (C=O) groups is 1. The molecule has 0 atom stereocenters. The van der Waals surface area contributed by atoms with Gasteiger partial charge in [0.1, 0.15) is 0 Å². The Morgan fingerprint density at radius 3 is 2.70 bits per heavy atom. The average molecular weight is 341 g/mol. The molecule has 6 heteroatoms. The summed E-state index contributed by atoms with van der Waals surface area (Å²) in [4.78, 5) is 16.6. The molecule has 0 saturated carbocycles. The summed E-state index contributed by atoms with van der Waals surface area (Å²) in [5.74, 6) is -3.10. The Bertz CT molecular complexity index is 649. The topological polar surface area (TPSA) is 33.2 Å². The molecule has 0 fully saturated rings. The highest BCUT2D eigenvalue weighted by Gasteiger charge is 2.19. The minimum atomic E-state index is -1.27. The maximum Gasteiger partial charge on any atom is 0.257 e. The third-order valence-electron chi connectivity index (χ3n) is 2.79. The predicted molar refractivity (Wildman–Crippen MR) is 74.1 cm³/mol. The molecule has 0 N–H and O–H groups in total. The van der Waals surface area contributed by atoms with Crippen molar-refractivity contribution in [3.8, 4) is 0 Å². The van der Waals surface area contributed by atoms with Crippen LogP contribution in [0.3, 0.4) is 0 Å². The van der Waals surface area contributed by atoms with Crippen LogP contribution in [0.2, 0.25) is 0 Å². The monoisotopic (exact) mass is 340 g/mol. The van der Waals surface area contributed by atoms with Crippen LogP contribution >= 0.6 is 15.9 Å². The smallest absolute Gasteiger partial charge is 0.257 e. The van der Waals surface area contributed by atoms with Crippen LogP contribution in [0.4, 0.5) is 8.78 Å². The number of aromatic nitrogens is 1. The van der Waals surface area contributed by atoms with E-state index in [0.29, 0.717) is 0 Å². The van der Waals surface area contributed by atoms with Crippen LogP contribution in [0.5, 0.6) is 0 Å². The molecule has 104 valence electrons. The Morgan fingerprint density at radius 2 is 2.00 bits per heavy atom. The third kappa shape index (κ3) is 3.01. The molecule has 0 aliphatic rings. The maximum atomic E-state index is 13.5. The van der Waals surface area contributed by atoms with Gasteiger partial charge in [-0.2, -0.15) is 4.39 Å². The number of amides is 1. The summed E-state index contributed by atoms with van der Waals surface area (Å²) < 4.78 is 27.4. The second kappa shape index (κ2) is 6.09. The fourth-order valence-corrected chi connectivity index (χ4v) is 2.15. The van der Waals surface area contributed by atoms with E-state index in [9.17, 15) is 13.6 Å². The predicted octanol–water partition coefficient (Wildman–Crippen LogP) is 3.39. The van der Waals surface area contributed by atoms with E-state index < -0.39 is 17.7 Å². The van der Waals surface area contributed by atoms with E-state index in [2.05, 4.69) is 20.9 Å². The summed E-state index contributed by atoms with van der Waals surface area (Å²) in [7, 11) is 1.53. The second-order valence-corrected chi connectivity index (χ2v) is 5.07. The zero-order chi connectivity index (χ0) is 14.7. The Morgan fingerprint density at radius 1 is 1.30 bits per heavy atom. The molecule has 20 heavy (non-hydrogen) atoms. The summed E-state index contributed by atoms with van der Waals surface area (Å²) in [5, 5.41) is 0. The largest absolute Gasteiger partial charge is 0.337 e. The highest BCUT2D eigenvalue weighted by Crippen LogP contribution is 2.19. The van der Waals surface area contributed by atoms with E-state index in [-0.39, 0.29) is 12.1 Å². The molecular weight excluding hydrogens is 330 g/mol. The van der Waals surface area contributed by atoms with Gasteiger partial charge >= 0.3 is 0 Å². The number of rotatable bonds is 3. The van der Waals surface area contributed by atoms with Gasteiger partial charge in [0, 0.05) is 24.3 Å². The minimum absolute atomic E-state index is 0.281. The standard InChI is InChI=1S/C14H11BrF2N2O/c1-19(8-9-4-2-3-5-11(9)15)14(20)10-6-7-18-13(17)12(10)16/h2-7H,8H2,1H3. The van der Waals surface area contributed by atoms with Crippen molar-refractivity contribution in [2.45, 2.75) is 6.54 Å². The van der Waals surface area contributed by atoms with Gasteiger partial charge < -0.3 is 4.90 Å². The third-order valence-corrected chi connectivity index (χ3v) is 3.56. The molecule has 3 nitrogen and oxygen atoms in total. The number of hydrogen-bond donors (Lipinski definition) is 0. The number of halogens is 3. The van der Waals surface area contributed by atoms with E-state index in [1.54, 1.807) is 0 Å². The molecule has 2 aromatic rings. The van der Waals surface area contributed by atoms with Gasteiger partial charge in [-0.25, -0.2) is 9.37 Å². The summed E-state index contributed by atoms with van der Waals surface area (Å²) in [6.07, 6.45) is 1.07. The van der Waals surface area contributed by atoms with Gasteiger partial charge in [0.05, 0.1) is 5.56 Å². The first-order chi connectivity index (χ1) is 9.50. The Kier molecular flexibility index (Phi) is 4.44. The lowest BCUT2D eigenvalue weighted by Gasteiger charge is -2.18. The van der Waals surface area contributed by atoms with E-state index >= 15 is 0 Å². The van der Waals surface area contributed by atoms with Crippen LogP contribution < -0.4 is 0 Å². The van der Waals surface area contributed by atoms with Gasteiger partial charge in [-0.05, 0) is 17.7 Å². The van der Waals surface area contributed by atoms with E-state index in [0.717, 1.165) is 22.3 Å².